The quantitative estimate of drug-likeness (QED) is 0.820. The number of halogens is 3. The Morgan fingerprint density at radius 3 is 2.20 bits per heavy atom. The molecule has 0 aromatic heterocycles. The third kappa shape index (κ3) is 3.40. The molecule has 0 heterocycles. The predicted octanol–water partition coefficient (Wildman–Crippen LogP) is 4.44. The number of carbonyl (C=O) groups is 1. The lowest BCUT2D eigenvalue weighted by Crippen LogP contribution is -2.01. The Hall–Kier alpha value is -1.78. The van der Waals surface area contributed by atoms with E-state index in [2.05, 4.69) is 5.32 Å². The molecule has 20 heavy (non-hydrogen) atoms. The minimum atomic E-state index is -0.971. The fraction of sp³-hybridized carbons (Fsp3) is 0.0714. The molecule has 2 aromatic carbocycles. The highest BCUT2D eigenvalue weighted by Gasteiger charge is 2.07. The molecule has 0 spiro atoms. The molecule has 0 amide bonds. The van der Waals surface area contributed by atoms with E-state index in [-0.39, 0.29) is 15.6 Å². The number of benzene rings is 2. The Morgan fingerprint density at radius 1 is 1.15 bits per heavy atom. The first-order valence-electron chi connectivity index (χ1n) is 5.68. The van der Waals surface area contributed by atoms with Gasteiger partial charge in [0.1, 0.15) is 0 Å². The molecule has 6 heteroatoms. The summed E-state index contributed by atoms with van der Waals surface area (Å²) in [6.07, 6.45) is 0. The van der Waals surface area contributed by atoms with Crippen molar-refractivity contribution in [2.24, 2.45) is 0 Å². The average molecular weight is 314 g/mol. The van der Waals surface area contributed by atoms with Crippen LogP contribution in [-0.4, -0.2) is 11.1 Å². The molecular formula is C14H10Cl2FNO2. The summed E-state index contributed by atoms with van der Waals surface area (Å²) in [4.78, 5) is 10.7. The Kier molecular flexibility index (Phi) is 4.47. The first-order valence-corrected chi connectivity index (χ1v) is 6.43. The highest BCUT2D eigenvalue weighted by atomic mass is 35.5. The second-order valence-electron chi connectivity index (χ2n) is 4.11. The maximum Gasteiger partial charge on any atom is 0.335 e. The summed E-state index contributed by atoms with van der Waals surface area (Å²) < 4.78 is 13.2. The largest absolute Gasteiger partial charge is 0.478 e. The van der Waals surface area contributed by atoms with Gasteiger partial charge in [-0.3, -0.25) is 0 Å². The molecule has 0 saturated carbocycles. The monoisotopic (exact) mass is 313 g/mol. The molecule has 2 rings (SSSR count). The van der Waals surface area contributed by atoms with Gasteiger partial charge in [-0.05, 0) is 29.8 Å². The lowest BCUT2D eigenvalue weighted by atomic mass is 10.1. The van der Waals surface area contributed by atoms with Crippen LogP contribution in [0.1, 0.15) is 15.9 Å². The van der Waals surface area contributed by atoms with Crippen LogP contribution < -0.4 is 5.32 Å². The summed E-state index contributed by atoms with van der Waals surface area (Å²) in [5, 5.41) is 11.7. The van der Waals surface area contributed by atoms with Gasteiger partial charge in [-0.2, -0.15) is 0 Å². The van der Waals surface area contributed by atoms with Gasteiger partial charge in [-0.1, -0.05) is 35.3 Å². The number of anilines is 1. The van der Waals surface area contributed by atoms with Crippen LogP contribution in [0.3, 0.4) is 0 Å². The zero-order chi connectivity index (χ0) is 14.7. The van der Waals surface area contributed by atoms with Crippen molar-refractivity contribution < 1.29 is 14.3 Å². The van der Waals surface area contributed by atoms with E-state index >= 15 is 0 Å². The van der Waals surface area contributed by atoms with Crippen LogP contribution in [0.4, 0.5) is 10.1 Å². The standard InChI is InChI=1S/C14H10Cl2FNO2/c15-11-5-10(6-12(16)13(11)17)18-7-8-1-3-9(4-2-8)14(19)20/h1-6,18H,7H2,(H,19,20). The van der Waals surface area contributed by atoms with E-state index < -0.39 is 11.8 Å². The molecule has 104 valence electrons. The molecule has 3 nitrogen and oxygen atoms in total. The number of nitrogens with one attached hydrogen (secondary N) is 1. The van der Waals surface area contributed by atoms with Crippen LogP contribution in [0.2, 0.25) is 10.0 Å². The third-order valence-corrected chi connectivity index (χ3v) is 3.23. The third-order valence-electron chi connectivity index (χ3n) is 2.68. The molecule has 0 aliphatic rings. The lowest BCUT2D eigenvalue weighted by Gasteiger charge is -2.08. The molecule has 0 aliphatic heterocycles. The van der Waals surface area contributed by atoms with Crippen molar-refractivity contribution in [3.63, 3.8) is 0 Å². The van der Waals surface area contributed by atoms with Crippen LogP contribution in [0.15, 0.2) is 36.4 Å². The van der Waals surface area contributed by atoms with Crippen LogP contribution in [-0.2, 0) is 6.54 Å². The average Bonchev–Trinajstić information content (AvgIpc) is 2.42. The van der Waals surface area contributed by atoms with Gasteiger partial charge in [0.15, 0.2) is 5.82 Å². The minimum Gasteiger partial charge on any atom is -0.478 e. The number of carboxylic acid groups (broad SMARTS) is 1. The van der Waals surface area contributed by atoms with Gasteiger partial charge in [-0.25, -0.2) is 9.18 Å². The molecular weight excluding hydrogens is 304 g/mol. The van der Waals surface area contributed by atoms with Crippen molar-refractivity contribution in [2.75, 3.05) is 5.32 Å². The van der Waals surface area contributed by atoms with Gasteiger partial charge < -0.3 is 10.4 Å². The molecule has 0 unspecified atom stereocenters. The Bertz CT molecular complexity index is 621. The van der Waals surface area contributed by atoms with E-state index in [0.29, 0.717) is 12.2 Å². The minimum absolute atomic E-state index is 0.0544. The Morgan fingerprint density at radius 2 is 1.70 bits per heavy atom. The number of aromatic carboxylic acids is 1. The van der Waals surface area contributed by atoms with Gasteiger partial charge in [0.05, 0.1) is 15.6 Å². The molecule has 2 aromatic rings. The summed E-state index contributed by atoms with van der Waals surface area (Å²) in [5.74, 6) is -1.62. The number of hydrogen-bond donors (Lipinski definition) is 2. The predicted molar refractivity (Wildman–Crippen MR) is 77.1 cm³/mol. The summed E-state index contributed by atoms with van der Waals surface area (Å²) in [5.41, 5.74) is 1.69. The van der Waals surface area contributed by atoms with Crippen LogP contribution in [0.25, 0.3) is 0 Å². The van der Waals surface area contributed by atoms with Crippen molar-refractivity contribution in [1.29, 1.82) is 0 Å². The van der Waals surface area contributed by atoms with Crippen molar-refractivity contribution in [1.82, 2.24) is 0 Å². The van der Waals surface area contributed by atoms with Crippen LogP contribution in [0, 0.1) is 5.82 Å². The molecule has 0 atom stereocenters. The van der Waals surface area contributed by atoms with E-state index in [1.807, 2.05) is 0 Å². The second-order valence-corrected chi connectivity index (χ2v) is 4.92. The van der Waals surface area contributed by atoms with Gasteiger partial charge in [-0.15, -0.1) is 0 Å². The Balaban J connectivity index is 2.07. The first kappa shape index (κ1) is 14.6. The van der Waals surface area contributed by atoms with Gasteiger partial charge >= 0.3 is 5.97 Å². The molecule has 0 bridgehead atoms. The lowest BCUT2D eigenvalue weighted by molar-refractivity contribution is 0.0697. The zero-order valence-electron chi connectivity index (χ0n) is 10.2. The van der Waals surface area contributed by atoms with E-state index in [0.717, 1.165) is 5.56 Å². The Labute approximate surface area is 124 Å². The van der Waals surface area contributed by atoms with Crippen molar-refractivity contribution in [3.8, 4) is 0 Å². The maximum absolute atomic E-state index is 13.2. The number of hydrogen-bond acceptors (Lipinski definition) is 2. The van der Waals surface area contributed by atoms with Crippen LogP contribution in [0.5, 0.6) is 0 Å². The fourth-order valence-electron chi connectivity index (χ4n) is 1.63. The van der Waals surface area contributed by atoms with E-state index in [1.165, 1.54) is 24.3 Å². The van der Waals surface area contributed by atoms with Gasteiger partial charge in [0.2, 0.25) is 0 Å². The zero-order valence-corrected chi connectivity index (χ0v) is 11.7. The van der Waals surface area contributed by atoms with E-state index in [1.54, 1.807) is 12.1 Å². The summed E-state index contributed by atoms with van der Waals surface area (Å²) in [6, 6.07) is 9.31. The summed E-state index contributed by atoms with van der Waals surface area (Å²) >= 11 is 11.4. The molecule has 0 radical (unpaired) electrons. The normalized spacial score (nSPS) is 10.3. The SMILES string of the molecule is O=C(O)c1ccc(CNc2cc(Cl)c(F)c(Cl)c2)cc1. The van der Waals surface area contributed by atoms with Crippen molar-refractivity contribution in [2.45, 2.75) is 6.54 Å². The number of carboxylic acids is 1. The second kappa shape index (κ2) is 6.11. The fourth-order valence-corrected chi connectivity index (χ4v) is 2.11. The number of rotatable bonds is 4. The molecule has 0 fully saturated rings. The van der Waals surface area contributed by atoms with Gasteiger partial charge in [0, 0.05) is 12.2 Å². The van der Waals surface area contributed by atoms with Crippen LogP contribution >= 0.6 is 23.2 Å². The van der Waals surface area contributed by atoms with Gasteiger partial charge in [0.25, 0.3) is 0 Å². The molecule has 2 N–H and O–H groups in total. The molecule has 0 saturated heterocycles. The molecule has 0 aliphatic carbocycles. The highest BCUT2D eigenvalue weighted by molar-refractivity contribution is 6.35. The summed E-state index contributed by atoms with van der Waals surface area (Å²) in [7, 11) is 0. The van der Waals surface area contributed by atoms with Crippen molar-refractivity contribution in [3.05, 3.63) is 63.4 Å². The topological polar surface area (TPSA) is 49.3 Å². The van der Waals surface area contributed by atoms with Crippen molar-refractivity contribution >= 4 is 34.9 Å². The highest BCUT2D eigenvalue weighted by Crippen LogP contribution is 2.27. The smallest absolute Gasteiger partial charge is 0.335 e. The first-order chi connectivity index (χ1) is 9.47. The van der Waals surface area contributed by atoms with E-state index in [4.69, 9.17) is 28.3 Å². The summed E-state index contributed by atoms with van der Waals surface area (Å²) in [6.45, 7) is 0.443. The maximum atomic E-state index is 13.2. The van der Waals surface area contributed by atoms with E-state index in [9.17, 15) is 9.18 Å².